The Morgan fingerprint density at radius 3 is 3.00 bits per heavy atom. The van der Waals surface area contributed by atoms with E-state index in [9.17, 15) is 4.79 Å². The number of carbonyl (C=O) groups excluding carboxylic acids is 1. The van der Waals surface area contributed by atoms with Gasteiger partial charge in [0.2, 0.25) is 0 Å². The monoisotopic (exact) mass is 218 g/mol. The van der Waals surface area contributed by atoms with E-state index < -0.39 is 0 Å². The summed E-state index contributed by atoms with van der Waals surface area (Å²) in [5.74, 6) is 0.272. The summed E-state index contributed by atoms with van der Waals surface area (Å²) in [6, 6.07) is 4.12. The van der Waals surface area contributed by atoms with Gasteiger partial charge >= 0.3 is 0 Å². The summed E-state index contributed by atoms with van der Waals surface area (Å²) in [6.07, 6.45) is 5.13. The number of aromatic nitrogens is 1. The molecular weight excluding hydrogens is 200 g/mol. The average Bonchev–Trinajstić information content (AvgIpc) is 2.29. The molecule has 1 aliphatic heterocycles. The molecule has 16 heavy (non-hydrogen) atoms. The average molecular weight is 218 g/mol. The van der Waals surface area contributed by atoms with Gasteiger partial charge in [-0.1, -0.05) is 0 Å². The van der Waals surface area contributed by atoms with Crippen molar-refractivity contribution in [1.82, 2.24) is 4.98 Å². The fraction of sp³-hybridized carbons (Fsp3) is 0.538. The lowest BCUT2D eigenvalue weighted by atomic mass is 9.98. The van der Waals surface area contributed by atoms with E-state index in [1.54, 1.807) is 6.92 Å². The van der Waals surface area contributed by atoms with Crippen LogP contribution in [-0.4, -0.2) is 23.4 Å². The second-order valence-corrected chi connectivity index (χ2v) is 4.47. The van der Waals surface area contributed by atoms with Crippen LogP contribution >= 0.6 is 0 Å². The third-order valence-electron chi connectivity index (χ3n) is 3.18. The molecule has 0 N–H and O–H groups in total. The number of piperidine rings is 1. The molecule has 1 atom stereocenters. The maximum absolute atomic E-state index is 11.6. The molecule has 2 rings (SSSR count). The number of nitrogens with zero attached hydrogens (tertiary/aromatic N) is 2. The quantitative estimate of drug-likeness (QED) is 0.764. The largest absolute Gasteiger partial charge is 0.361 e. The van der Waals surface area contributed by atoms with Crippen molar-refractivity contribution < 1.29 is 4.79 Å². The zero-order valence-electron chi connectivity index (χ0n) is 9.94. The van der Waals surface area contributed by atoms with Crippen LogP contribution in [0.25, 0.3) is 0 Å². The molecule has 0 spiro atoms. The number of hydrogen-bond acceptors (Lipinski definition) is 3. The van der Waals surface area contributed by atoms with E-state index in [2.05, 4.69) is 16.0 Å². The first-order chi connectivity index (χ1) is 7.68. The molecule has 0 saturated carbocycles. The number of rotatable bonds is 2. The second-order valence-electron chi connectivity index (χ2n) is 4.47. The molecule has 0 aliphatic carbocycles. The van der Waals surface area contributed by atoms with E-state index in [4.69, 9.17) is 0 Å². The minimum atomic E-state index is 0.0653. The van der Waals surface area contributed by atoms with Gasteiger partial charge in [-0.25, -0.2) is 0 Å². The zero-order valence-corrected chi connectivity index (χ0v) is 9.94. The van der Waals surface area contributed by atoms with Crippen LogP contribution < -0.4 is 4.90 Å². The molecule has 86 valence electrons. The van der Waals surface area contributed by atoms with Crippen LogP contribution in [0.3, 0.4) is 0 Å². The summed E-state index contributed by atoms with van der Waals surface area (Å²) in [4.78, 5) is 18.0. The van der Waals surface area contributed by atoms with Gasteiger partial charge in [-0.05, 0) is 45.2 Å². The standard InChI is InChI=1S/C13H18N2O/c1-10-9-12(6-7-14-10)15-8-4-3-5-13(15)11(2)16/h6-7,9,13H,3-5,8H2,1-2H3. The van der Waals surface area contributed by atoms with E-state index in [0.29, 0.717) is 0 Å². The summed E-state index contributed by atoms with van der Waals surface area (Å²) in [7, 11) is 0. The maximum atomic E-state index is 11.6. The minimum absolute atomic E-state index is 0.0653. The Morgan fingerprint density at radius 2 is 2.31 bits per heavy atom. The minimum Gasteiger partial charge on any atom is -0.361 e. The maximum Gasteiger partial charge on any atom is 0.152 e. The van der Waals surface area contributed by atoms with Gasteiger partial charge in [-0.15, -0.1) is 0 Å². The highest BCUT2D eigenvalue weighted by Gasteiger charge is 2.26. The third-order valence-corrected chi connectivity index (χ3v) is 3.18. The highest BCUT2D eigenvalue weighted by molar-refractivity contribution is 5.85. The van der Waals surface area contributed by atoms with Crippen LogP contribution in [-0.2, 0) is 4.79 Å². The Kier molecular flexibility index (Phi) is 3.22. The number of Topliss-reactive ketones (excluding diaryl/α,β-unsaturated/α-hetero) is 1. The van der Waals surface area contributed by atoms with Crippen LogP contribution in [0.15, 0.2) is 18.3 Å². The smallest absolute Gasteiger partial charge is 0.152 e. The Hall–Kier alpha value is -1.38. The first-order valence-electron chi connectivity index (χ1n) is 5.88. The van der Waals surface area contributed by atoms with Crippen LogP contribution in [0, 0.1) is 6.92 Å². The van der Waals surface area contributed by atoms with Gasteiger partial charge in [0.05, 0.1) is 6.04 Å². The fourth-order valence-electron chi connectivity index (χ4n) is 2.37. The Morgan fingerprint density at radius 1 is 1.50 bits per heavy atom. The first kappa shape index (κ1) is 11.1. The van der Waals surface area contributed by atoms with E-state index in [1.165, 1.54) is 6.42 Å². The van der Waals surface area contributed by atoms with Crippen molar-refractivity contribution >= 4 is 11.5 Å². The van der Waals surface area contributed by atoms with E-state index in [-0.39, 0.29) is 11.8 Å². The Bertz CT molecular complexity index is 389. The number of aryl methyl sites for hydroxylation is 1. The van der Waals surface area contributed by atoms with Crippen LogP contribution in [0.1, 0.15) is 31.9 Å². The van der Waals surface area contributed by atoms with Crippen molar-refractivity contribution in [3.05, 3.63) is 24.0 Å². The number of pyridine rings is 1. The van der Waals surface area contributed by atoms with Crippen LogP contribution in [0.2, 0.25) is 0 Å². The van der Waals surface area contributed by atoms with Crippen molar-refractivity contribution in [2.75, 3.05) is 11.4 Å². The van der Waals surface area contributed by atoms with Gasteiger partial charge in [-0.3, -0.25) is 9.78 Å². The normalized spacial score (nSPS) is 20.9. The summed E-state index contributed by atoms with van der Waals surface area (Å²) in [5.41, 5.74) is 2.14. The van der Waals surface area contributed by atoms with E-state index in [1.807, 2.05) is 19.2 Å². The molecule has 1 aromatic heterocycles. The predicted molar refractivity (Wildman–Crippen MR) is 64.6 cm³/mol. The van der Waals surface area contributed by atoms with E-state index in [0.717, 1.165) is 30.8 Å². The summed E-state index contributed by atoms with van der Waals surface area (Å²) in [5, 5.41) is 0. The highest BCUT2D eigenvalue weighted by atomic mass is 16.1. The lowest BCUT2D eigenvalue weighted by molar-refractivity contribution is -0.118. The molecule has 1 aromatic rings. The van der Waals surface area contributed by atoms with Crippen LogP contribution in [0.4, 0.5) is 5.69 Å². The Balaban J connectivity index is 2.26. The zero-order chi connectivity index (χ0) is 11.5. The molecule has 0 amide bonds. The number of carbonyl (C=O) groups is 1. The van der Waals surface area contributed by atoms with Gasteiger partial charge in [0.15, 0.2) is 5.78 Å². The van der Waals surface area contributed by atoms with Gasteiger partial charge < -0.3 is 4.90 Å². The lowest BCUT2D eigenvalue weighted by Crippen LogP contribution is -2.43. The topological polar surface area (TPSA) is 33.2 Å². The van der Waals surface area contributed by atoms with Crippen molar-refractivity contribution in [2.45, 2.75) is 39.2 Å². The molecule has 1 aliphatic rings. The van der Waals surface area contributed by atoms with Gasteiger partial charge in [0.25, 0.3) is 0 Å². The summed E-state index contributed by atoms with van der Waals surface area (Å²) in [6.45, 7) is 4.65. The van der Waals surface area contributed by atoms with Crippen molar-refractivity contribution in [3.63, 3.8) is 0 Å². The number of hydrogen-bond donors (Lipinski definition) is 0. The van der Waals surface area contributed by atoms with Gasteiger partial charge in [-0.2, -0.15) is 0 Å². The Labute approximate surface area is 96.5 Å². The summed E-state index contributed by atoms with van der Waals surface area (Å²) >= 11 is 0. The number of ketones is 1. The second kappa shape index (κ2) is 4.64. The van der Waals surface area contributed by atoms with Gasteiger partial charge in [0, 0.05) is 24.1 Å². The highest BCUT2D eigenvalue weighted by Crippen LogP contribution is 2.25. The SMILES string of the molecule is CC(=O)C1CCCCN1c1ccnc(C)c1. The predicted octanol–water partition coefficient (Wildman–Crippen LogP) is 2.34. The van der Waals surface area contributed by atoms with Gasteiger partial charge in [0.1, 0.15) is 0 Å². The third kappa shape index (κ3) is 2.23. The molecule has 0 radical (unpaired) electrons. The number of anilines is 1. The molecule has 1 fully saturated rings. The van der Waals surface area contributed by atoms with E-state index >= 15 is 0 Å². The fourth-order valence-corrected chi connectivity index (χ4v) is 2.37. The molecule has 3 nitrogen and oxygen atoms in total. The molecule has 0 aromatic carbocycles. The molecule has 1 saturated heterocycles. The molecular formula is C13H18N2O. The lowest BCUT2D eigenvalue weighted by Gasteiger charge is -2.36. The molecule has 1 unspecified atom stereocenters. The molecule has 0 bridgehead atoms. The summed E-state index contributed by atoms with van der Waals surface area (Å²) < 4.78 is 0. The van der Waals surface area contributed by atoms with Crippen molar-refractivity contribution in [1.29, 1.82) is 0 Å². The van der Waals surface area contributed by atoms with Crippen molar-refractivity contribution in [2.24, 2.45) is 0 Å². The van der Waals surface area contributed by atoms with Crippen LogP contribution in [0.5, 0.6) is 0 Å². The first-order valence-corrected chi connectivity index (χ1v) is 5.88. The molecule has 3 heteroatoms. The molecule has 2 heterocycles. The van der Waals surface area contributed by atoms with Crippen molar-refractivity contribution in [3.8, 4) is 0 Å².